The van der Waals surface area contributed by atoms with Crippen LogP contribution in [0.2, 0.25) is 0 Å². The molecule has 1 aromatic heterocycles. The van der Waals surface area contributed by atoms with Crippen LogP contribution in [0.5, 0.6) is 0 Å². The number of carbonyl (C=O) groups excluding carboxylic acids is 1. The third kappa shape index (κ3) is 2.77. The van der Waals surface area contributed by atoms with Gasteiger partial charge >= 0.3 is 5.97 Å². The highest BCUT2D eigenvalue weighted by Gasteiger charge is 2.41. The number of ether oxygens (including phenoxy) is 1. The van der Waals surface area contributed by atoms with Crippen molar-refractivity contribution in [3.8, 4) is 0 Å². The molecule has 0 aliphatic heterocycles. The summed E-state index contributed by atoms with van der Waals surface area (Å²) >= 11 is 1.91. The largest absolute Gasteiger partial charge is 0.465 e. The molecule has 1 saturated carbocycles. The molecule has 98 valence electrons. The lowest BCUT2D eigenvalue weighted by Crippen LogP contribution is -2.18. The molecule has 0 spiro atoms. The van der Waals surface area contributed by atoms with E-state index in [1.165, 1.54) is 20.0 Å². The minimum atomic E-state index is -0.339. The standard InChI is InChI=1S/C13H18N2O2S/c1-9-10(12(16)17-2)4-5-11(15-9)14-8-13(18-3)6-7-13/h4-5H,6-8H2,1-3H3,(H,14,15). The van der Waals surface area contributed by atoms with Crippen LogP contribution < -0.4 is 5.32 Å². The number of nitrogens with one attached hydrogen (secondary N) is 1. The second kappa shape index (κ2) is 5.18. The number of esters is 1. The maximum absolute atomic E-state index is 11.4. The predicted octanol–water partition coefficient (Wildman–Crippen LogP) is 2.48. The molecule has 1 N–H and O–H groups in total. The molecule has 1 aliphatic rings. The maximum atomic E-state index is 11.4. The molecular formula is C13H18N2O2S. The molecular weight excluding hydrogens is 248 g/mol. The fourth-order valence-corrected chi connectivity index (χ4v) is 2.56. The Balaban J connectivity index is 2.02. The van der Waals surface area contributed by atoms with Crippen LogP contribution in [0.25, 0.3) is 0 Å². The number of methoxy groups -OCH3 is 1. The lowest BCUT2D eigenvalue weighted by molar-refractivity contribution is 0.0599. The van der Waals surface area contributed by atoms with E-state index in [1.807, 2.05) is 24.8 Å². The minimum absolute atomic E-state index is 0.339. The number of hydrogen-bond acceptors (Lipinski definition) is 5. The Bertz CT molecular complexity index is 458. The van der Waals surface area contributed by atoms with Crippen molar-refractivity contribution in [3.63, 3.8) is 0 Å². The van der Waals surface area contributed by atoms with Crippen molar-refractivity contribution in [1.82, 2.24) is 4.98 Å². The molecule has 0 amide bonds. The van der Waals surface area contributed by atoms with Gasteiger partial charge in [-0.05, 0) is 38.2 Å². The van der Waals surface area contributed by atoms with Crippen LogP contribution in [0, 0.1) is 6.92 Å². The normalized spacial score (nSPS) is 16.2. The van der Waals surface area contributed by atoms with Gasteiger partial charge in [0.1, 0.15) is 5.82 Å². The molecule has 0 saturated heterocycles. The Morgan fingerprint density at radius 3 is 2.78 bits per heavy atom. The summed E-state index contributed by atoms with van der Waals surface area (Å²) in [5, 5.41) is 3.34. The van der Waals surface area contributed by atoms with E-state index < -0.39 is 0 Å². The van der Waals surface area contributed by atoms with E-state index in [0.717, 1.165) is 12.4 Å². The van der Waals surface area contributed by atoms with Crippen molar-refractivity contribution in [2.75, 3.05) is 25.2 Å². The quantitative estimate of drug-likeness (QED) is 0.830. The first-order valence-electron chi connectivity index (χ1n) is 5.95. The Morgan fingerprint density at radius 1 is 1.56 bits per heavy atom. The molecule has 1 aliphatic carbocycles. The zero-order valence-electron chi connectivity index (χ0n) is 10.9. The Kier molecular flexibility index (Phi) is 3.80. The molecule has 5 heteroatoms. The molecule has 4 nitrogen and oxygen atoms in total. The summed E-state index contributed by atoms with van der Waals surface area (Å²) in [6, 6.07) is 3.59. The van der Waals surface area contributed by atoms with Crippen molar-refractivity contribution < 1.29 is 9.53 Å². The Hall–Kier alpha value is -1.23. The SMILES string of the molecule is COC(=O)c1ccc(NCC2(SC)CC2)nc1C. The molecule has 1 aromatic rings. The van der Waals surface area contributed by atoms with Gasteiger partial charge in [0.15, 0.2) is 0 Å². The number of thioether (sulfide) groups is 1. The third-order valence-electron chi connectivity index (χ3n) is 3.32. The zero-order valence-corrected chi connectivity index (χ0v) is 11.8. The summed E-state index contributed by atoms with van der Waals surface area (Å²) < 4.78 is 5.10. The van der Waals surface area contributed by atoms with Gasteiger partial charge < -0.3 is 10.1 Å². The number of rotatable bonds is 5. The smallest absolute Gasteiger partial charge is 0.339 e. The van der Waals surface area contributed by atoms with Gasteiger partial charge in [0.2, 0.25) is 0 Å². The Morgan fingerprint density at radius 2 is 2.28 bits per heavy atom. The molecule has 0 atom stereocenters. The van der Waals surface area contributed by atoms with E-state index in [-0.39, 0.29) is 5.97 Å². The highest BCUT2D eigenvalue weighted by molar-refractivity contribution is 8.00. The Labute approximate surface area is 112 Å². The number of hydrogen-bond donors (Lipinski definition) is 1. The molecule has 0 radical (unpaired) electrons. The number of nitrogens with zero attached hydrogens (tertiary/aromatic N) is 1. The van der Waals surface area contributed by atoms with Gasteiger partial charge in [0, 0.05) is 11.3 Å². The summed E-state index contributed by atoms with van der Waals surface area (Å²) in [6.07, 6.45) is 4.68. The third-order valence-corrected chi connectivity index (χ3v) is 4.74. The number of carbonyl (C=O) groups is 1. The zero-order chi connectivity index (χ0) is 13.2. The van der Waals surface area contributed by atoms with Crippen LogP contribution in [0.15, 0.2) is 12.1 Å². The lowest BCUT2D eigenvalue weighted by Gasteiger charge is -2.14. The van der Waals surface area contributed by atoms with Crippen LogP contribution in [0.3, 0.4) is 0 Å². The summed E-state index contributed by atoms with van der Waals surface area (Å²) in [7, 11) is 1.38. The molecule has 1 heterocycles. The average molecular weight is 266 g/mol. The van der Waals surface area contributed by atoms with Crippen LogP contribution >= 0.6 is 11.8 Å². The number of anilines is 1. The second-order valence-corrected chi connectivity index (χ2v) is 5.84. The van der Waals surface area contributed by atoms with Crippen molar-refractivity contribution in [2.24, 2.45) is 0 Å². The molecule has 1 fully saturated rings. The van der Waals surface area contributed by atoms with Gasteiger partial charge in [0.05, 0.1) is 18.4 Å². The van der Waals surface area contributed by atoms with Gasteiger partial charge in [-0.15, -0.1) is 0 Å². The van der Waals surface area contributed by atoms with E-state index >= 15 is 0 Å². The lowest BCUT2D eigenvalue weighted by atomic mass is 10.2. The molecule has 2 rings (SSSR count). The molecule has 0 aromatic carbocycles. The van der Waals surface area contributed by atoms with Gasteiger partial charge in [-0.3, -0.25) is 0 Å². The molecule has 0 unspecified atom stereocenters. The van der Waals surface area contributed by atoms with Crippen molar-refractivity contribution >= 4 is 23.5 Å². The highest BCUT2D eigenvalue weighted by atomic mass is 32.2. The maximum Gasteiger partial charge on any atom is 0.339 e. The van der Waals surface area contributed by atoms with E-state index in [2.05, 4.69) is 16.6 Å². The topological polar surface area (TPSA) is 51.2 Å². The van der Waals surface area contributed by atoms with Crippen molar-refractivity contribution in [2.45, 2.75) is 24.5 Å². The number of pyridine rings is 1. The van der Waals surface area contributed by atoms with Crippen molar-refractivity contribution in [1.29, 1.82) is 0 Å². The van der Waals surface area contributed by atoms with Crippen LogP contribution in [0.1, 0.15) is 28.9 Å². The summed E-state index contributed by atoms with van der Waals surface area (Å²) in [4.78, 5) is 15.8. The first-order valence-corrected chi connectivity index (χ1v) is 7.18. The minimum Gasteiger partial charge on any atom is -0.465 e. The van der Waals surface area contributed by atoms with Crippen molar-refractivity contribution in [3.05, 3.63) is 23.4 Å². The van der Waals surface area contributed by atoms with Gasteiger partial charge in [-0.25, -0.2) is 9.78 Å². The van der Waals surface area contributed by atoms with E-state index in [4.69, 9.17) is 4.74 Å². The number of aromatic nitrogens is 1. The van der Waals surface area contributed by atoms with Crippen LogP contribution in [0.4, 0.5) is 5.82 Å². The van der Waals surface area contributed by atoms with Crippen LogP contribution in [-0.4, -0.2) is 35.6 Å². The van der Waals surface area contributed by atoms with E-state index in [0.29, 0.717) is 16.0 Å². The fourth-order valence-electron chi connectivity index (χ4n) is 1.83. The first-order chi connectivity index (χ1) is 8.60. The summed E-state index contributed by atoms with van der Waals surface area (Å²) in [5.74, 6) is 0.481. The molecule has 0 bridgehead atoms. The van der Waals surface area contributed by atoms with Crippen LogP contribution in [-0.2, 0) is 4.74 Å². The average Bonchev–Trinajstić information content (AvgIpc) is 3.16. The van der Waals surface area contributed by atoms with Gasteiger partial charge in [0.25, 0.3) is 0 Å². The second-order valence-electron chi connectivity index (χ2n) is 4.56. The number of aryl methyl sites for hydroxylation is 1. The summed E-state index contributed by atoms with van der Waals surface area (Å²) in [6.45, 7) is 2.75. The van der Waals surface area contributed by atoms with Gasteiger partial charge in [-0.1, -0.05) is 0 Å². The summed E-state index contributed by atoms with van der Waals surface area (Å²) in [5.41, 5.74) is 1.22. The fraction of sp³-hybridized carbons (Fsp3) is 0.538. The van der Waals surface area contributed by atoms with Gasteiger partial charge in [-0.2, -0.15) is 11.8 Å². The first kappa shape index (κ1) is 13.2. The molecule has 18 heavy (non-hydrogen) atoms. The monoisotopic (exact) mass is 266 g/mol. The van der Waals surface area contributed by atoms with E-state index in [1.54, 1.807) is 6.07 Å². The van der Waals surface area contributed by atoms with E-state index in [9.17, 15) is 4.79 Å². The predicted molar refractivity (Wildman–Crippen MR) is 74.3 cm³/mol. The highest BCUT2D eigenvalue weighted by Crippen LogP contribution is 2.46.